The van der Waals surface area contributed by atoms with Crippen LogP contribution in [0.5, 0.6) is 0 Å². The first kappa shape index (κ1) is 15.1. The summed E-state index contributed by atoms with van der Waals surface area (Å²) in [5.74, 6) is 0.641. The molecular weight excluding hydrogens is 294 g/mol. The van der Waals surface area contributed by atoms with Crippen LogP contribution in [-0.2, 0) is 27.7 Å². The molecule has 1 aromatic carbocycles. The third-order valence-corrected chi connectivity index (χ3v) is 4.06. The first-order valence-electron chi connectivity index (χ1n) is 7.29. The molecule has 0 aliphatic carbocycles. The Morgan fingerprint density at radius 2 is 1.65 bits per heavy atom. The van der Waals surface area contributed by atoms with Gasteiger partial charge in [0.2, 0.25) is 5.95 Å². The number of benzene rings is 1. The lowest BCUT2D eigenvalue weighted by atomic mass is 10.2. The van der Waals surface area contributed by atoms with Crippen molar-refractivity contribution in [3.63, 3.8) is 0 Å². The molecule has 0 N–H and O–H groups in total. The van der Waals surface area contributed by atoms with E-state index in [4.69, 9.17) is 0 Å². The molecule has 0 aliphatic heterocycles. The summed E-state index contributed by atoms with van der Waals surface area (Å²) in [4.78, 5) is 30.9. The Morgan fingerprint density at radius 1 is 1.00 bits per heavy atom. The quantitative estimate of drug-likeness (QED) is 0.710. The van der Waals surface area contributed by atoms with E-state index in [1.165, 1.54) is 11.6 Å². The van der Waals surface area contributed by atoms with Crippen LogP contribution in [0.25, 0.3) is 11.2 Å². The normalized spacial score (nSPS) is 11.1. The molecule has 0 saturated heterocycles. The minimum atomic E-state index is -0.377. The third-order valence-electron chi connectivity index (χ3n) is 4.06. The molecule has 0 spiro atoms. The lowest BCUT2D eigenvalue weighted by Crippen LogP contribution is -2.37. The van der Waals surface area contributed by atoms with Crippen LogP contribution >= 0.6 is 0 Å². The van der Waals surface area contributed by atoms with Crippen molar-refractivity contribution < 1.29 is 0 Å². The summed E-state index contributed by atoms with van der Waals surface area (Å²) in [6.45, 7) is 0.659. The van der Waals surface area contributed by atoms with Gasteiger partial charge in [0, 0.05) is 34.7 Å². The lowest BCUT2D eigenvalue weighted by molar-refractivity contribution is 0.705. The fourth-order valence-electron chi connectivity index (χ4n) is 2.78. The van der Waals surface area contributed by atoms with Gasteiger partial charge >= 0.3 is 5.69 Å². The van der Waals surface area contributed by atoms with Crippen LogP contribution in [-0.4, -0.2) is 25.7 Å². The second-order valence-electron chi connectivity index (χ2n) is 5.69. The van der Waals surface area contributed by atoms with Gasteiger partial charge in [-0.25, -0.2) is 4.79 Å². The standard InChI is InChI=1S/C16H19N5O2/c1-18(10-11-8-6-5-7-9-11)15-17-13-12(19(15)2)14(22)21(4)16(23)20(13)3/h5-9H,10H2,1-4H3. The first-order chi connectivity index (χ1) is 10.9. The fourth-order valence-corrected chi connectivity index (χ4v) is 2.78. The zero-order valence-electron chi connectivity index (χ0n) is 13.6. The Hall–Kier alpha value is -2.83. The summed E-state index contributed by atoms with van der Waals surface area (Å²) in [6.07, 6.45) is 0. The zero-order chi connectivity index (χ0) is 16.7. The Kier molecular flexibility index (Phi) is 3.55. The van der Waals surface area contributed by atoms with Gasteiger partial charge in [-0.2, -0.15) is 4.98 Å². The summed E-state index contributed by atoms with van der Waals surface area (Å²) in [5.41, 5.74) is 1.25. The molecule has 0 atom stereocenters. The second-order valence-corrected chi connectivity index (χ2v) is 5.69. The fraction of sp³-hybridized carbons (Fsp3) is 0.312. The number of aryl methyl sites for hydroxylation is 2. The van der Waals surface area contributed by atoms with E-state index in [1.807, 2.05) is 42.3 Å². The predicted molar refractivity (Wildman–Crippen MR) is 89.7 cm³/mol. The topological polar surface area (TPSA) is 65.1 Å². The monoisotopic (exact) mass is 313 g/mol. The van der Waals surface area contributed by atoms with Crippen molar-refractivity contribution >= 4 is 17.1 Å². The molecule has 7 heteroatoms. The largest absolute Gasteiger partial charge is 0.341 e. The minimum absolute atomic E-state index is 0.336. The Balaban J connectivity index is 2.14. The van der Waals surface area contributed by atoms with Gasteiger partial charge in [0.25, 0.3) is 5.56 Å². The summed E-state index contributed by atoms with van der Waals surface area (Å²) >= 11 is 0. The Labute approximate surface area is 133 Å². The van der Waals surface area contributed by atoms with Crippen LogP contribution in [0.15, 0.2) is 39.9 Å². The molecule has 0 unspecified atom stereocenters. The van der Waals surface area contributed by atoms with Crippen LogP contribution < -0.4 is 16.1 Å². The van der Waals surface area contributed by atoms with E-state index in [1.54, 1.807) is 18.7 Å². The second kappa shape index (κ2) is 5.42. The SMILES string of the molecule is CN(Cc1ccccc1)c1nc2c(c(=O)n(C)c(=O)n2C)n1C. The molecule has 7 nitrogen and oxygen atoms in total. The zero-order valence-corrected chi connectivity index (χ0v) is 13.6. The average Bonchev–Trinajstić information content (AvgIpc) is 2.89. The van der Waals surface area contributed by atoms with Gasteiger partial charge in [-0.15, -0.1) is 0 Å². The van der Waals surface area contributed by atoms with Gasteiger partial charge in [-0.3, -0.25) is 13.9 Å². The van der Waals surface area contributed by atoms with Crippen LogP contribution in [0, 0.1) is 0 Å². The van der Waals surface area contributed by atoms with Crippen molar-refractivity contribution in [1.29, 1.82) is 0 Å². The van der Waals surface area contributed by atoms with Gasteiger partial charge in [-0.1, -0.05) is 30.3 Å². The van der Waals surface area contributed by atoms with Crippen molar-refractivity contribution in [2.45, 2.75) is 6.54 Å². The van der Waals surface area contributed by atoms with E-state index < -0.39 is 0 Å². The van der Waals surface area contributed by atoms with E-state index >= 15 is 0 Å². The highest BCUT2D eigenvalue weighted by Gasteiger charge is 2.19. The Bertz CT molecular complexity index is 982. The average molecular weight is 313 g/mol. The van der Waals surface area contributed by atoms with E-state index in [2.05, 4.69) is 4.98 Å². The van der Waals surface area contributed by atoms with Crippen LogP contribution in [0.1, 0.15) is 5.56 Å². The maximum absolute atomic E-state index is 12.4. The van der Waals surface area contributed by atoms with Gasteiger partial charge in [0.15, 0.2) is 11.2 Å². The van der Waals surface area contributed by atoms with Gasteiger partial charge in [-0.05, 0) is 5.56 Å². The molecule has 0 saturated carbocycles. The third kappa shape index (κ3) is 2.34. The van der Waals surface area contributed by atoms with Crippen LogP contribution in [0.2, 0.25) is 0 Å². The smallest absolute Gasteiger partial charge is 0.332 e. The van der Waals surface area contributed by atoms with Gasteiger partial charge < -0.3 is 9.47 Å². The van der Waals surface area contributed by atoms with E-state index in [9.17, 15) is 9.59 Å². The molecule has 23 heavy (non-hydrogen) atoms. The molecule has 120 valence electrons. The molecule has 0 aliphatic rings. The predicted octanol–water partition coefficient (Wildman–Crippen LogP) is 0.607. The van der Waals surface area contributed by atoms with Gasteiger partial charge in [0.1, 0.15) is 0 Å². The highest BCUT2D eigenvalue weighted by molar-refractivity contribution is 5.74. The molecular formula is C16H19N5O2. The highest BCUT2D eigenvalue weighted by Crippen LogP contribution is 2.18. The number of nitrogens with zero attached hydrogens (tertiary/aromatic N) is 5. The number of anilines is 1. The number of rotatable bonds is 3. The molecule has 0 radical (unpaired) electrons. The van der Waals surface area contributed by atoms with Gasteiger partial charge in [0.05, 0.1) is 0 Å². The van der Waals surface area contributed by atoms with E-state index in [0.29, 0.717) is 23.7 Å². The number of hydrogen-bond donors (Lipinski definition) is 0. The lowest BCUT2D eigenvalue weighted by Gasteiger charge is -2.18. The molecule has 0 amide bonds. The summed E-state index contributed by atoms with van der Waals surface area (Å²) in [6, 6.07) is 10.0. The van der Waals surface area contributed by atoms with Crippen molar-refractivity contribution in [2.75, 3.05) is 11.9 Å². The van der Waals surface area contributed by atoms with Crippen LogP contribution in [0.4, 0.5) is 5.95 Å². The molecule has 2 heterocycles. The maximum atomic E-state index is 12.4. The van der Waals surface area contributed by atoms with Crippen molar-refractivity contribution in [2.24, 2.45) is 21.1 Å². The highest BCUT2D eigenvalue weighted by atomic mass is 16.2. The van der Waals surface area contributed by atoms with Crippen molar-refractivity contribution in [3.05, 3.63) is 56.7 Å². The van der Waals surface area contributed by atoms with E-state index in [0.717, 1.165) is 10.1 Å². The maximum Gasteiger partial charge on any atom is 0.332 e. The molecule has 2 aromatic heterocycles. The summed E-state index contributed by atoms with van der Waals surface area (Å²) < 4.78 is 4.24. The molecule has 3 aromatic rings. The van der Waals surface area contributed by atoms with Crippen molar-refractivity contribution in [3.8, 4) is 0 Å². The van der Waals surface area contributed by atoms with Crippen LogP contribution in [0.3, 0.4) is 0 Å². The first-order valence-corrected chi connectivity index (χ1v) is 7.29. The number of hydrogen-bond acceptors (Lipinski definition) is 4. The number of aromatic nitrogens is 4. The molecule has 3 rings (SSSR count). The number of fused-ring (bicyclic) bond motifs is 1. The van der Waals surface area contributed by atoms with Crippen molar-refractivity contribution in [1.82, 2.24) is 18.7 Å². The Morgan fingerprint density at radius 3 is 2.30 bits per heavy atom. The minimum Gasteiger partial charge on any atom is -0.341 e. The molecule has 0 bridgehead atoms. The summed E-state index contributed by atoms with van der Waals surface area (Å²) in [7, 11) is 6.80. The van der Waals surface area contributed by atoms with E-state index in [-0.39, 0.29) is 11.2 Å². The number of imidazole rings is 1. The summed E-state index contributed by atoms with van der Waals surface area (Å²) in [5, 5.41) is 0. The molecule has 0 fully saturated rings.